The van der Waals surface area contributed by atoms with E-state index in [1.807, 2.05) is 0 Å². The first-order valence-electron chi connectivity index (χ1n) is 30.1. The van der Waals surface area contributed by atoms with Crippen molar-refractivity contribution in [3.63, 3.8) is 0 Å². The zero-order valence-electron chi connectivity index (χ0n) is 46.1. The number of rotatable bonds is 55. The molecule has 0 saturated carbocycles. The van der Waals surface area contributed by atoms with Gasteiger partial charge in [0.05, 0.1) is 0 Å². The van der Waals surface area contributed by atoms with Gasteiger partial charge in [-0.05, 0) is 70.6 Å². The number of hydrogen-bond donors (Lipinski definition) is 0. The molecule has 0 aliphatic rings. The zero-order valence-corrected chi connectivity index (χ0v) is 46.1. The molecule has 1 unspecified atom stereocenters. The monoisotopic (exact) mass is 967 g/mol. The Balaban J connectivity index is 4.10. The van der Waals surface area contributed by atoms with Crippen LogP contribution in [0, 0.1) is 0 Å². The molecule has 0 amide bonds. The molecule has 0 N–H and O–H groups in total. The first-order chi connectivity index (χ1) is 34.0. The van der Waals surface area contributed by atoms with E-state index in [-0.39, 0.29) is 31.1 Å². The van der Waals surface area contributed by atoms with Gasteiger partial charge in [0.15, 0.2) is 6.10 Å². The molecule has 0 rings (SSSR count). The summed E-state index contributed by atoms with van der Waals surface area (Å²) < 4.78 is 16.8. The third-order valence-electron chi connectivity index (χ3n) is 13.3. The summed E-state index contributed by atoms with van der Waals surface area (Å²) in [6, 6.07) is 0. The van der Waals surface area contributed by atoms with E-state index in [9.17, 15) is 14.4 Å². The Labute approximate surface area is 428 Å². The number of esters is 3. The van der Waals surface area contributed by atoms with E-state index in [1.165, 1.54) is 180 Å². The number of ether oxygens (including phenoxy) is 3. The van der Waals surface area contributed by atoms with E-state index in [0.29, 0.717) is 19.3 Å². The second-order valence-electron chi connectivity index (χ2n) is 20.2. The lowest BCUT2D eigenvalue weighted by atomic mass is 10.0. The van der Waals surface area contributed by atoms with Gasteiger partial charge in [0.1, 0.15) is 13.2 Å². The highest BCUT2D eigenvalue weighted by atomic mass is 16.6. The fourth-order valence-electron chi connectivity index (χ4n) is 8.81. The Kier molecular flexibility index (Phi) is 55.7. The second kappa shape index (κ2) is 57.9. The number of carbonyl (C=O) groups excluding carboxylic acids is 3. The van der Waals surface area contributed by atoms with Crippen molar-refractivity contribution in [3.05, 3.63) is 48.6 Å². The lowest BCUT2D eigenvalue weighted by molar-refractivity contribution is -0.167. The molecule has 0 aromatic carbocycles. The number of allylic oxidation sites excluding steroid dienone is 8. The molecule has 0 fully saturated rings. The Hall–Kier alpha value is -2.63. The third-order valence-corrected chi connectivity index (χ3v) is 13.3. The molecule has 402 valence electrons. The maximum atomic E-state index is 12.8. The van der Waals surface area contributed by atoms with Crippen LogP contribution in [0.2, 0.25) is 0 Å². The first kappa shape index (κ1) is 66.4. The average molecular weight is 968 g/mol. The minimum atomic E-state index is -0.789. The van der Waals surface area contributed by atoms with Crippen molar-refractivity contribution in [2.75, 3.05) is 13.2 Å². The van der Waals surface area contributed by atoms with Gasteiger partial charge >= 0.3 is 17.9 Å². The van der Waals surface area contributed by atoms with Crippen molar-refractivity contribution in [1.29, 1.82) is 0 Å². The maximum absolute atomic E-state index is 12.8. The highest BCUT2D eigenvalue weighted by Gasteiger charge is 2.19. The minimum Gasteiger partial charge on any atom is -0.462 e. The fourth-order valence-corrected chi connectivity index (χ4v) is 8.81. The quantitative estimate of drug-likeness (QED) is 0.0262. The van der Waals surface area contributed by atoms with Gasteiger partial charge in [0.25, 0.3) is 0 Å². The van der Waals surface area contributed by atoms with Crippen molar-refractivity contribution < 1.29 is 28.6 Å². The topological polar surface area (TPSA) is 78.9 Å². The summed E-state index contributed by atoms with van der Waals surface area (Å²) in [5.74, 6) is -0.914. The molecule has 6 heteroatoms. The summed E-state index contributed by atoms with van der Waals surface area (Å²) >= 11 is 0. The van der Waals surface area contributed by atoms with Gasteiger partial charge in [-0.3, -0.25) is 14.4 Å². The second-order valence-corrected chi connectivity index (χ2v) is 20.2. The van der Waals surface area contributed by atoms with E-state index < -0.39 is 6.10 Å². The summed E-state index contributed by atoms with van der Waals surface area (Å²) in [5, 5.41) is 0. The van der Waals surface area contributed by atoms with Gasteiger partial charge in [-0.15, -0.1) is 0 Å². The molecule has 6 nitrogen and oxygen atoms in total. The molecular formula is C63H114O6. The zero-order chi connectivity index (χ0) is 50.0. The number of hydrogen-bond acceptors (Lipinski definition) is 6. The van der Waals surface area contributed by atoms with Crippen molar-refractivity contribution in [3.8, 4) is 0 Å². The van der Waals surface area contributed by atoms with E-state index in [2.05, 4.69) is 69.4 Å². The summed E-state index contributed by atoms with van der Waals surface area (Å²) in [6.45, 7) is 6.47. The molecule has 1 atom stereocenters. The minimum absolute atomic E-state index is 0.0851. The van der Waals surface area contributed by atoms with Crippen LogP contribution in [0.5, 0.6) is 0 Å². The van der Waals surface area contributed by atoms with Gasteiger partial charge in [0, 0.05) is 19.3 Å². The number of unbranched alkanes of at least 4 members (excludes halogenated alkanes) is 36. The molecule has 0 aromatic rings. The van der Waals surface area contributed by atoms with Gasteiger partial charge in [0.2, 0.25) is 0 Å². The van der Waals surface area contributed by atoms with E-state index in [0.717, 1.165) is 96.3 Å². The molecule has 0 spiro atoms. The fraction of sp³-hybridized carbons (Fsp3) is 0.825. The third kappa shape index (κ3) is 56.2. The molecule has 0 saturated heterocycles. The van der Waals surface area contributed by atoms with Crippen LogP contribution in [0.25, 0.3) is 0 Å². The maximum Gasteiger partial charge on any atom is 0.306 e. The van der Waals surface area contributed by atoms with E-state index in [1.54, 1.807) is 0 Å². The van der Waals surface area contributed by atoms with Crippen LogP contribution in [0.1, 0.15) is 316 Å². The average Bonchev–Trinajstić information content (AvgIpc) is 3.35. The lowest BCUT2D eigenvalue weighted by Crippen LogP contribution is -2.30. The van der Waals surface area contributed by atoms with Crippen molar-refractivity contribution in [2.24, 2.45) is 0 Å². The summed E-state index contributed by atoms with van der Waals surface area (Å²) in [6.07, 6.45) is 71.5. The van der Waals surface area contributed by atoms with Gasteiger partial charge in [-0.25, -0.2) is 0 Å². The Morgan fingerprint density at radius 1 is 0.304 bits per heavy atom. The molecule has 0 heterocycles. The summed E-state index contributed by atoms with van der Waals surface area (Å²) in [4.78, 5) is 38.0. The molecule has 0 aliphatic heterocycles. The summed E-state index contributed by atoms with van der Waals surface area (Å²) in [5.41, 5.74) is 0. The van der Waals surface area contributed by atoms with E-state index in [4.69, 9.17) is 14.2 Å². The van der Waals surface area contributed by atoms with Crippen molar-refractivity contribution >= 4 is 17.9 Å². The van der Waals surface area contributed by atoms with Crippen molar-refractivity contribution in [1.82, 2.24) is 0 Å². The Morgan fingerprint density at radius 3 is 0.971 bits per heavy atom. The van der Waals surface area contributed by atoms with Gasteiger partial charge in [-0.1, -0.05) is 275 Å². The Morgan fingerprint density at radius 2 is 0.594 bits per heavy atom. The first-order valence-corrected chi connectivity index (χ1v) is 30.1. The molecule has 0 aliphatic carbocycles. The van der Waals surface area contributed by atoms with Gasteiger partial charge in [-0.2, -0.15) is 0 Å². The van der Waals surface area contributed by atoms with Crippen LogP contribution in [-0.4, -0.2) is 37.2 Å². The normalized spacial score (nSPS) is 12.3. The molecule has 0 aromatic heterocycles. The van der Waals surface area contributed by atoms with Crippen LogP contribution in [0.15, 0.2) is 48.6 Å². The SMILES string of the molecule is CC/C=C\C/C=C\C/C=C\CCCCCC(=O)OC(COC(=O)CCCCCCC/C=C\CCC)COC(=O)CCCCCCCCCCCCCCCCCCCCCCCCCCCCCC. The molecular weight excluding hydrogens is 853 g/mol. The Bertz CT molecular complexity index is 1200. The van der Waals surface area contributed by atoms with Crippen LogP contribution in [0.4, 0.5) is 0 Å². The standard InChI is InChI=1S/C63H114O6/c1-4-7-10-13-16-19-22-24-25-26-27-28-29-30-31-32-33-34-35-36-37-38-40-41-44-47-50-53-56-62(65)68-59-60(58-67-61(64)55-52-49-46-43-21-18-15-12-9-6-3)69-63(66)57-54-51-48-45-42-39-23-20-17-14-11-8-5-2/h8,11-12,15,17,20,39,42,60H,4-7,9-10,13-14,16,18-19,21-38,40-41,43-59H2,1-3H3/b11-8-,15-12-,20-17-,42-39-. The molecule has 0 bridgehead atoms. The molecule has 0 radical (unpaired) electrons. The predicted octanol–water partition coefficient (Wildman–Crippen LogP) is 20.2. The van der Waals surface area contributed by atoms with Crippen LogP contribution in [-0.2, 0) is 28.6 Å². The van der Waals surface area contributed by atoms with Gasteiger partial charge < -0.3 is 14.2 Å². The van der Waals surface area contributed by atoms with E-state index >= 15 is 0 Å². The van der Waals surface area contributed by atoms with Crippen LogP contribution in [0.3, 0.4) is 0 Å². The highest BCUT2D eigenvalue weighted by molar-refractivity contribution is 5.71. The van der Waals surface area contributed by atoms with Crippen molar-refractivity contribution in [2.45, 2.75) is 322 Å². The largest absolute Gasteiger partial charge is 0.462 e. The predicted molar refractivity (Wildman–Crippen MR) is 298 cm³/mol. The molecule has 69 heavy (non-hydrogen) atoms. The van der Waals surface area contributed by atoms with Crippen LogP contribution < -0.4 is 0 Å². The lowest BCUT2D eigenvalue weighted by Gasteiger charge is -2.18. The smallest absolute Gasteiger partial charge is 0.306 e. The summed E-state index contributed by atoms with van der Waals surface area (Å²) in [7, 11) is 0. The number of carbonyl (C=O) groups is 3. The van der Waals surface area contributed by atoms with Crippen LogP contribution >= 0.6 is 0 Å². The highest BCUT2D eigenvalue weighted by Crippen LogP contribution is 2.17.